The number of rotatable bonds is 13. The van der Waals surface area contributed by atoms with Gasteiger partial charge in [0, 0.05) is 5.75 Å². The number of amidine groups is 1. The summed E-state index contributed by atoms with van der Waals surface area (Å²) in [6.45, 7) is 2.28. The Balaban J connectivity index is 2.92. The lowest BCUT2D eigenvalue weighted by Crippen LogP contribution is -2.43. The van der Waals surface area contributed by atoms with Gasteiger partial charge in [-0.2, -0.15) is 0 Å². The molecule has 0 radical (unpaired) electrons. The van der Waals surface area contributed by atoms with Crippen LogP contribution in [0.25, 0.3) is 0 Å². The zero-order chi connectivity index (χ0) is 13.5. The Morgan fingerprint density at radius 2 is 1.17 bits per heavy atom. The molecule has 18 heavy (non-hydrogen) atoms. The molecule has 0 saturated heterocycles. The predicted molar refractivity (Wildman–Crippen MR) is 84.7 cm³/mol. The molecule has 0 atom stereocenters. The maximum atomic E-state index is 5.39. The van der Waals surface area contributed by atoms with Gasteiger partial charge in [-0.25, -0.2) is 0 Å². The van der Waals surface area contributed by atoms with Crippen molar-refractivity contribution in [2.24, 2.45) is 5.73 Å². The lowest BCUT2D eigenvalue weighted by molar-refractivity contribution is -0.110. The number of thioether (sulfide) groups is 1. The minimum absolute atomic E-state index is 0.512. The second-order valence-corrected chi connectivity index (χ2v) is 6.31. The predicted octanol–water partition coefficient (Wildman–Crippen LogP) is 3.49. The summed E-state index contributed by atoms with van der Waals surface area (Å²) >= 11 is 1.58. The monoisotopic (exact) mass is 273 g/mol. The Morgan fingerprint density at radius 1 is 0.778 bits per heavy atom. The van der Waals surface area contributed by atoms with E-state index >= 15 is 0 Å². The summed E-state index contributed by atoms with van der Waals surface area (Å²) in [6.07, 6.45) is 16.8. The van der Waals surface area contributed by atoms with Gasteiger partial charge >= 0.3 is 0 Å². The first-order chi connectivity index (χ1) is 8.77. The van der Waals surface area contributed by atoms with Crippen molar-refractivity contribution >= 4 is 16.9 Å². The third-order valence-corrected chi connectivity index (χ3v) is 4.09. The van der Waals surface area contributed by atoms with E-state index in [9.17, 15) is 0 Å². The maximum absolute atomic E-state index is 5.39. The normalized spacial score (nSPS) is 10.7. The SMILES string of the molecule is CCCCCCCCCCCCCCSC(N)=[NH2+]. The Morgan fingerprint density at radius 3 is 1.56 bits per heavy atom. The maximum Gasteiger partial charge on any atom is 0.299 e. The molecule has 0 fully saturated rings. The smallest absolute Gasteiger partial charge is 0.282 e. The highest BCUT2D eigenvalue weighted by molar-refractivity contribution is 8.13. The molecule has 0 unspecified atom stereocenters. The lowest BCUT2D eigenvalue weighted by Gasteiger charge is -2.02. The van der Waals surface area contributed by atoms with E-state index in [0.29, 0.717) is 5.17 Å². The van der Waals surface area contributed by atoms with Crippen LogP contribution >= 0.6 is 11.8 Å². The Labute approximate surface area is 118 Å². The molecule has 0 aromatic heterocycles. The van der Waals surface area contributed by atoms with Crippen molar-refractivity contribution < 1.29 is 5.41 Å². The van der Waals surface area contributed by atoms with Gasteiger partial charge in [-0.15, -0.1) is 0 Å². The van der Waals surface area contributed by atoms with Gasteiger partial charge in [0.25, 0.3) is 5.17 Å². The minimum atomic E-state index is 0.512. The number of hydrogen-bond donors (Lipinski definition) is 2. The summed E-state index contributed by atoms with van der Waals surface area (Å²) in [4.78, 5) is 0. The molecule has 0 bridgehead atoms. The lowest BCUT2D eigenvalue weighted by atomic mass is 10.1. The Bertz CT molecular complexity index is 183. The quantitative estimate of drug-likeness (QED) is 0.306. The van der Waals surface area contributed by atoms with E-state index in [2.05, 4.69) is 6.92 Å². The van der Waals surface area contributed by atoms with E-state index in [0.717, 1.165) is 5.75 Å². The molecule has 0 aromatic carbocycles. The molecule has 0 saturated carbocycles. The van der Waals surface area contributed by atoms with Crippen LogP contribution in [-0.2, 0) is 0 Å². The van der Waals surface area contributed by atoms with E-state index in [-0.39, 0.29) is 0 Å². The highest BCUT2D eigenvalue weighted by Gasteiger charge is 1.96. The van der Waals surface area contributed by atoms with Gasteiger partial charge in [-0.1, -0.05) is 77.6 Å². The van der Waals surface area contributed by atoms with Crippen molar-refractivity contribution in [1.29, 1.82) is 0 Å². The number of nitrogens with two attached hydrogens (primary N) is 2. The fraction of sp³-hybridized carbons (Fsp3) is 0.933. The van der Waals surface area contributed by atoms with Gasteiger partial charge < -0.3 is 0 Å². The van der Waals surface area contributed by atoms with Crippen molar-refractivity contribution in [3.8, 4) is 0 Å². The summed E-state index contributed by atoms with van der Waals surface area (Å²) in [5.74, 6) is 1.08. The topological polar surface area (TPSA) is 51.6 Å². The van der Waals surface area contributed by atoms with E-state index in [1.807, 2.05) is 0 Å². The molecular formula is C15H33N2S+. The van der Waals surface area contributed by atoms with Crippen LogP contribution in [0.1, 0.15) is 84.0 Å². The van der Waals surface area contributed by atoms with Crippen LogP contribution in [0.2, 0.25) is 0 Å². The summed E-state index contributed by atoms with van der Waals surface area (Å²) in [5, 5.41) is 5.90. The van der Waals surface area contributed by atoms with Crippen LogP contribution in [0.4, 0.5) is 0 Å². The third-order valence-electron chi connectivity index (χ3n) is 3.27. The molecule has 2 nitrogen and oxygen atoms in total. The van der Waals surface area contributed by atoms with Gasteiger partial charge in [-0.05, 0) is 18.2 Å². The van der Waals surface area contributed by atoms with Crippen molar-refractivity contribution in [2.75, 3.05) is 5.75 Å². The molecule has 108 valence electrons. The van der Waals surface area contributed by atoms with E-state index in [1.165, 1.54) is 77.0 Å². The van der Waals surface area contributed by atoms with Gasteiger partial charge in [-0.3, -0.25) is 11.1 Å². The molecule has 3 heteroatoms. The molecule has 0 aliphatic heterocycles. The van der Waals surface area contributed by atoms with Crippen LogP contribution in [0.15, 0.2) is 0 Å². The van der Waals surface area contributed by atoms with Crippen LogP contribution in [-0.4, -0.2) is 10.9 Å². The first-order valence-electron chi connectivity index (χ1n) is 7.78. The third kappa shape index (κ3) is 15.8. The molecule has 0 aliphatic rings. The summed E-state index contributed by atoms with van der Waals surface area (Å²) in [6, 6.07) is 0. The van der Waals surface area contributed by atoms with E-state index in [1.54, 1.807) is 11.8 Å². The minimum Gasteiger partial charge on any atom is -0.282 e. The van der Waals surface area contributed by atoms with Crippen LogP contribution in [0.3, 0.4) is 0 Å². The number of unbranched alkanes of at least 4 members (excludes halogenated alkanes) is 11. The molecule has 0 rings (SSSR count). The van der Waals surface area contributed by atoms with Crippen LogP contribution in [0, 0.1) is 0 Å². The standard InChI is InChI=1S/C15H32N2S/c1-2-3-4-5-6-7-8-9-10-11-12-13-14-18-15(16)17/h2-14H2,1H3,(H3,16,17)/p+1. The first-order valence-corrected chi connectivity index (χ1v) is 8.76. The molecule has 0 aromatic rings. The van der Waals surface area contributed by atoms with Crippen molar-refractivity contribution in [3.63, 3.8) is 0 Å². The second kappa shape index (κ2) is 14.9. The van der Waals surface area contributed by atoms with Crippen molar-refractivity contribution in [2.45, 2.75) is 84.0 Å². The molecule has 4 N–H and O–H groups in total. The summed E-state index contributed by atoms with van der Waals surface area (Å²) in [7, 11) is 0. The van der Waals surface area contributed by atoms with Crippen molar-refractivity contribution in [3.05, 3.63) is 0 Å². The van der Waals surface area contributed by atoms with Gasteiger partial charge in [0.1, 0.15) is 0 Å². The number of hydrogen-bond acceptors (Lipinski definition) is 1. The zero-order valence-electron chi connectivity index (χ0n) is 12.3. The fourth-order valence-corrected chi connectivity index (χ4v) is 2.72. The summed E-state index contributed by atoms with van der Waals surface area (Å²) < 4.78 is 0. The van der Waals surface area contributed by atoms with Crippen LogP contribution in [0.5, 0.6) is 0 Å². The fourth-order valence-electron chi connectivity index (χ4n) is 2.13. The van der Waals surface area contributed by atoms with Crippen LogP contribution < -0.4 is 11.1 Å². The second-order valence-electron chi connectivity index (χ2n) is 5.14. The Hall–Kier alpha value is -0.180. The average Bonchev–Trinajstić information content (AvgIpc) is 2.34. The zero-order valence-corrected chi connectivity index (χ0v) is 13.1. The van der Waals surface area contributed by atoms with E-state index < -0.39 is 0 Å². The molecule has 0 spiro atoms. The molecule has 0 heterocycles. The molecule has 0 aliphatic carbocycles. The average molecular weight is 274 g/mol. The Kier molecular flexibility index (Phi) is 14.7. The molecular weight excluding hydrogens is 240 g/mol. The molecule has 0 amide bonds. The first kappa shape index (κ1) is 17.8. The highest BCUT2D eigenvalue weighted by Crippen LogP contribution is 2.12. The highest BCUT2D eigenvalue weighted by atomic mass is 32.2. The largest absolute Gasteiger partial charge is 0.299 e. The summed E-state index contributed by atoms with van der Waals surface area (Å²) in [5.41, 5.74) is 5.39. The van der Waals surface area contributed by atoms with Gasteiger partial charge in [0.15, 0.2) is 0 Å². The van der Waals surface area contributed by atoms with Gasteiger partial charge in [0.2, 0.25) is 0 Å². The van der Waals surface area contributed by atoms with E-state index in [4.69, 9.17) is 11.1 Å². The van der Waals surface area contributed by atoms with Crippen molar-refractivity contribution in [1.82, 2.24) is 0 Å². The van der Waals surface area contributed by atoms with Gasteiger partial charge in [0.05, 0.1) is 0 Å².